The molecule has 2 heterocycles. The molecule has 3 aromatic rings. The van der Waals surface area contributed by atoms with Gasteiger partial charge in [-0.25, -0.2) is 0 Å². The lowest BCUT2D eigenvalue weighted by Crippen LogP contribution is -2.43. The molecule has 0 radical (unpaired) electrons. The quantitative estimate of drug-likeness (QED) is 0.515. The van der Waals surface area contributed by atoms with Crippen molar-refractivity contribution in [2.24, 2.45) is 0 Å². The van der Waals surface area contributed by atoms with E-state index < -0.39 is 34.7 Å². The molecule has 1 aliphatic heterocycles. The van der Waals surface area contributed by atoms with Crippen LogP contribution in [0.5, 0.6) is 0 Å². The molecule has 0 bridgehead atoms. The van der Waals surface area contributed by atoms with Crippen molar-refractivity contribution in [3.05, 3.63) is 80.7 Å². The largest absolute Gasteiger partial charge is 0.416 e. The number of amides is 2. The number of nitrogens with one attached hydrogen (secondary N) is 2. The summed E-state index contributed by atoms with van der Waals surface area (Å²) >= 11 is 5.99. The van der Waals surface area contributed by atoms with Gasteiger partial charge in [-0.3, -0.25) is 19.0 Å². The first-order chi connectivity index (χ1) is 16.3. The molecule has 35 heavy (non-hydrogen) atoms. The second kappa shape index (κ2) is 8.57. The Bertz CT molecular complexity index is 1400. The normalized spacial score (nSPS) is 13.4. The fraction of sp³-hybridized carbons (Fsp3) is 0.240. The summed E-state index contributed by atoms with van der Waals surface area (Å²) in [6.07, 6.45) is -4.83. The molecule has 182 valence electrons. The minimum atomic E-state index is -4.67. The molecule has 0 saturated carbocycles. The molecule has 1 aliphatic rings. The molecule has 0 aliphatic carbocycles. The van der Waals surface area contributed by atoms with Gasteiger partial charge < -0.3 is 10.6 Å². The standard InChI is InChI=1S/C25H21ClF3N3O3/c1-24(2,3)31-22(34)21-20-17(12-18(33)30-20)19(13-7-9-15(26)10-8-13)23(35)32(21)16-6-4-5-14(11-16)25(27,28)29/h4-11H,12H2,1-3H3,(H,30,33)(H,31,34). The van der Waals surface area contributed by atoms with Crippen molar-refractivity contribution in [3.63, 3.8) is 0 Å². The van der Waals surface area contributed by atoms with Crippen LogP contribution in [-0.4, -0.2) is 21.9 Å². The topological polar surface area (TPSA) is 80.2 Å². The van der Waals surface area contributed by atoms with Gasteiger partial charge in [-0.15, -0.1) is 0 Å². The van der Waals surface area contributed by atoms with Crippen molar-refractivity contribution in [1.82, 2.24) is 9.88 Å². The summed E-state index contributed by atoms with van der Waals surface area (Å²) in [6.45, 7) is 5.16. The number of nitrogens with zero attached hydrogens (tertiary/aromatic N) is 1. The summed E-state index contributed by atoms with van der Waals surface area (Å²) < 4.78 is 41.4. The molecule has 10 heteroatoms. The third-order valence-corrected chi connectivity index (χ3v) is 5.60. The average molecular weight is 504 g/mol. The first kappa shape index (κ1) is 24.5. The monoisotopic (exact) mass is 503 g/mol. The second-order valence-corrected chi connectivity index (χ2v) is 9.64. The highest BCUT2D eigenvalue weighted by Crippen LogP contribution is 2.36. The minimum absolute atomic E-state index is 0.0821. The number of anilines is 1. The lowest BCUT2D eigenvalue weighted by Gasteiger charge is -2.24. The molecule has 0 saturated heterocycles. The van der Waals surface area contributed by atoms with Gasteiger partial charge in [-0.2, -0.15) is 13.2 Å². The Balaban J connectivity index is 2.11. The lowest BCUT2D eigenvalue weighted by molar-refractivity contribution is -0.137. The van der Waals surface area contributed by atoms with Crippen LogP contribution in [0.25, 0.3) is 16.8 Å². The number of halogens is 4. The van der Waals surface area contributed by atoms with Gasteiger partial charge in [0.1, 0.15) is 5.69 Å². The third-order valence-electron chi connectivity index (χ3n) is 5.35. The molecule has 0 fully saturated rings. The van der Waals surface area contributed by atoms with Crippen LogP contribution in [-0.2, 0) is 17.4 Å². The van der Waals surface area contributed by atoms with Gasteiger partial charge in [0.25, 0.3) is 11.5 Å². The highest BCUT2D eigenvalue weighted by molar-refractivity contribution is 6.30. The SMILES string of the molecule is CC(C)(C)NC(=O)c1c2c(c(-c3ccc(Cl)cc3)c(=O)n1-c1cccc(C(F)(F)F)c1)CC(=O)N2. The summed E-state index contributed by atoms with van der Waals surface area (Å²) in [5.41, 5.74) is -1.97. The predicted molar refractivity (Wildman–Crippen MR) is 127 cm³/mol. The van der Waals surface area contributed by atoms with E-state index in [-0.39, 0.29) is 29.1 Å². The number of rotatable bonds is 3. The summed E-state index contributed by atoms with van der Waals surface area (Å²) in [7, 11) is 0. The number of pyridine rings is 1. The summed E-state index contributed by atoms with van der Waals surface area (Å²) in [5, 5.41) is 5.78. The molecule has 6 nitrogen and oxygen atoms in total. The number of hydrogen-bond acceptors (Lipinski definition) is 3. The molecule has 0 unspecified atom stereocenters. The van der Waals surface area contributed by atoms with E-state index in [0.717, 1.165) is 22.8 Å². The molecule has 2 amide bonds. The summed E-state index contributed by atoms with van der Waals surface area (Å²) in [5.74, 6) is -1.16. The van der Waals surface area contributed by atoms with Gasteiger partial charge in [0.15, 0.2) is 0 Å². The Morgan fingerprint density at radius 2 is 1.71 bits per heavy atom. The van der Waals surface area contributed by atoms with Crippen molar-refractivity contribution in [1.29, 1.82) is 0 Å². The molecule has 2 N–H and O–H groups in total. The predicted octanol–water partition coefficient (Wildman–Crippen LogP) is 5.20. The zero-order valence-electron chi connectivity index (χ0n) is 19.0. The smallest absolute Gasteiger partial charge is 0.346 e. The number of carbonyl (C=O) groups is 2. The van der Waals surface area contributed by atoms with Crippen LogP contribution in [0.15, 0.2) is 53.3 Å². The first-order valence-electron chi connectivity index (χ1n) is 10.6. The number of carbonyl (C=O) groups excluding carboxylic acids is 2. The average Bonchev–Trinajstić information content (AvgIpc) is 3.12. The lowest BCUT2D eigenvalue weighted by atomic mass is 9.97. The van der Waals surface area contributed by atoms with Gasteiger partial charge in [-0.1, -0.05) is 29.8 Å². The second-order valence-electron chi connectivity index (χ2n) is 9.20. The van der Waals surface area contributed by atoms with E-state index in [4.69, 9.17) is 11.6 Å². The number of alkyl halides is 3. The van der Waals surface area contributed by atoms with Crippen molar-refractivity contribution < 1.29 is 22.8 Å². The maximum atomic E-state index is 13.9. The molecule has 2 aromatic carbocycles. The number of benzene rings is 2. The molecule has 0 atom stereocenters. The molecule has 0 spiro atoms. The van der Waals surface area contributed by atoms with Gasteiger partial charge in [0.2, 0.25) is 5.91 Å². The van der Waals surface area contributed by atoms with Gasteiger partial charge in [0, 0.05) is 16.1 Å². The van der Waals surface area contributed by atoms with Crippen molar-refractivity contribution in [2.75, 3.05) is 5.32 Å². The van der Waals surface area contributed by atoms with Crippen LogP contribution in [0, 0.1) is 0 Å². The van der Waals surface area contributed by atoms with Crippen LogP contribution < -0.4 is 16.2 Å². The zero-order chi connectivity index (χ0) is 25.7. The Morgan fingerprint density at radius 3 is 2.31 bits per heavy atom. The third kappa shape index (κ3) is 4.81. The molecular weight excluding hydrogens is 483 g/mol. The van der Waals surface area contributed by atoms with Crippen LogP contribution >= 0.6 is 11.6 Å². The van der Waals surface area contributed by atoms with E-state index in [0.29, 0.717) is 16.1 Å². The van der Waals surface area contributed by atoms with E-state index in [1.165, 1.54) is 6.07 Å². The van der Waals surface area contributed by atoms with Crippen molar-refractivity contribution in [3.8, 4) is 16.8 Å². The highest BCUT2D eigenvalue weighted by atomic mass is 35.5. The number of fused-ring (bicyclic) bond motifs is 1. The molecule has 4 rings (SSSR count). The van der Waals surface area contributed by atoms with E-state index in [1.54, 1.807) is 45.0 Å². The van der Waals surface area contributed by atoms with Crippen LogP contribution in [0.2, 0.25) is 5.02 Å². The molecular formula is C25H21ClF3N3O3. The van der Waals surface area contributed by atoms with Crippen LogP contribution in [0.3, 0.4) is 0 Å². The first-order valence-corrected chi connectivity index (χ1v) is 11.0. The summed E-state index contributed by atoms with van der Waals surface area (Å²) in [6, 6.07) is 10.4. The maximum Gasteiger partial charge on any atom is 0.416 e. The number of hydrogen-bond donors (Lipinski definition) is 2. The Labute approximate surface area is 203 Å². The van der Waals surface area contributed by atoms with Crippen LogP contribution in [0.1, 0.15) is 42.4 Å². The fourth-order valence-electron chi connectivity index (χ4n) is 3.97. The van der Waals surface area contributed by atoms with E-state index in [1.807, 2.05) is 0 Å². The van der Waals surface area contributed by atoms with Crippen molar-refractivity contribution in [2.45, 2.75) is 38.9 Å². The Hall–Kier alpha value is -3.59. The number of aromatic nitrogens is 1. The van der Waals surface area contributed by atoms with Gasteiger partial charge >= 0.3 is 6.18 Å². The van der Waals surface area contributed by atoms with E-state index in [2.05, 4.69) is 10.6 Å². The maximum absolute atomic E-state index is 13.9. The van der Waals surface area contributed by atoms with Gasteiger partial charge in [0.05, 0.1) is 28.9 Å². The van der Waals surface area contributed by atoms with Gasteiger partial charge in [-0.05, 0) is 56.7 Å². The summed E-state index contributed by atoms with van der Waals surface area (Å²) in [4.78, 5) is 39.7. The molecule has 1 aromatic heterocycles. The highest BCUT2D eigenvalue weighted by Gasteiger charge is 2.35. The Kier molecular flexibility index (Phi) is 6.00. The van der Waals surface area contributed by atoms with E-state index in [9.17, 15) is 27.6 Å². The Morgan fingerprint density at radius 1 is 1.06 bits per heavy atom. The van der Waals surface area contributed by atoms with Crippen molar-refractivity contribution >= 4 is 29.1 Å². The fourth-order valence-corrected chi connectivity index (χ4v) is 4.10. The zero-order valence-corrected chi connectivity index (χ0v) is 19.8. The van der Waals surface area contributed by atoms with Crippen LogP contribution in [0.4, 0.5) is 18.9 Å². The minimum Gasteiger partial charge on any atom is -0.346 e. The van der Waals surface area contributed by atoms with E-state index >= 15 is 0 Å².